The maximum atomic E-state index is 5.95. The third-order valence-electron chi connectivity index (χ3n) is 2.66. The second kappa shape index (κ2) is 6.19. The van der Waals surface area contributed by atoms with Crippen molar-refractivity contribution in [3.05, 3.63) is 0 Å². The summed E-state index contributed by atoms with van der Waals surface area (Å²) in [5.74, 6) is 0. The van der Waals surface area contributed by atoms with Crippen molar-refractivity contribution in [1.29, 1.82) is 0 Å². The Balaban J connectivity index is 2.16. The Labute approximate surface area is 94.5 Å². The largest absolute Gasteiger partial charge is 0.385 e. The van der Waals surface area contributed by atoms with Crippen molar-refractivity contribution in [3.8, 4) is 0 Å². The Morgan fingerprint density at radius 1 is 1.23 bits per heavy atom. The summed E-state index contributed by atoms with van der Waals surface area (Å²) in [6, 6.07) is 0. The summed E-state index contributed by atoms with van der Waals surface area (Å²) in [7, 11) is 1.74. The summed E-state index contributed by atoms with van der Waals surface area (Å²) < 4.78 is 12.1. The molecule has 0 N–H and O–H groups in total. The fourth-order valence-electron chi connectivity index (χ4n) is 1.83. The molecular weight excluding hydrogens is 279 g/mol. The molecule has 0 aromatic heterocycles. The highest BCUT2D eigenvalue weighted by atomic mass is 127. The van der Waals surface area contributed by atoms with Crippen LogP contribution in [0.1, 0.15) is 32.1 Å². The van der Waals surface area contributed by atoms with Gasteiger partial charge in [0.2, 0.25) is 0 Å². The predicted octanol–water partition coefficient (Wildman–Crippen LogP) is 2.79. The first-order chi connectivity index (χ1) is 6.33. The molecule has 0 aromatic rings. The van der Waals surface area contributed by atoms with E-state index in [0.29, 0.717) is 0 Å². The van der Waals surface area contributed by atoms with E-state index in [9.17, 15) is 0 Å². The van der Waals surface area contributed by atoms with E-state index < -0.39 is 0 Å². The van der Waals surface area contributed by atoms with Crippen molar-refractivity contribution in [3.63, 3.8) is 0 Å². The van der Waals surface area contributed by atoms with Crippen LogP contribution in [0.4, 0.5) is 0 Å². The van der Waals surface area contributed by atoms with Gasteiger partial charge in [0.25, 0.3) is 0 Å². The molecule has 1 aliphatic carbocycles. The zero-order chi connectivity index (χ0) is 9.57. The molecule has 78 valence electrons. The SMILES string of the molecule is COCCCOC1(CI)CCCC1. The first-order valence-electron chi connectivity index (χ1n) is 5.02. The van der Waals surface area contributed by atoms with Gasteiger partial charge in [-0.1, -0.05) is 35.4 Å². The molecule has 3 heteroatoms. The Kier molecular flexibility index (Phi) is 5.58. The minimum Gasteiger partial charge on any atom is -0.385 e. The summed E-state index contributed by atoms with van der Waals surface area (Å²) in [6.45, 7) is 1.67. The molecule has 0 aromatic carbocycles. The molecule has 1 saturated carbocycles. The molecule has 1 aliphatic rings. The molecular formula is C10H19IO2. The fourth-order valence-corrected chi connectivity index (χ4v) is 2.81. The number of methoxy groups -OCH3 is 1. The zero-order valence-electron chi connectivity index (χ0n) is 8.35. The molecule has 0 aliphatic heterocycles. The van der Waals surface area contributed by atoms with Crippen LogP contribution in [0.5, 0.6) is 0 Å². The molecule has 1 fully saturated rings. The van der Waals surface area contributed by atoms with Gasteiger partial charge in [0, 0.05) is 24.8 Å². The van der Waals surface area contributed by atoms with Gasteiger partial charge in [-0.25, -0.2) is 0 Å². The highest BCUT2D eigenvalue weighted by molar-refractivity contribution is 14.1. The van der Waals surface area contributed by atoms with Gasteiger partial charge >= 0.3 is 0 Å². The van der Waals surface area contributed by atoms with E-state index in [0.717, 1.165) is 24.1 Å². The second-order valence-corrected chi connectivity index (χ2v) is 4.48. The molecule has 0 atom stereocenters. The zero-order valence-corrected chi connectivity index (χ0v) is 10.5. The topological polar surface area (TPSA) is 18.5 Å². The Bertz CT molecular complexity index is 133. The maximum Gasteiger partial charge on any atom is 0.0771 e. The van der Waals surface area contributed by atoms with E-state index in [1.165, 1.54) is 25.7 Å². The Hall–Kier alpha value is 0.650. The van der Waals surface area contributed by atoms with Gasteiger partial charge in [-0.3, -0.25) is 0 Å². The first kappa shape index (κ1) is 11.7. The minimum absolute atomic E-state index is 0.217. The molecule has 0 radical (unpaired) electrons. The van der Waals surface area contributed by atoms with E-state index >= 15 is 0 Å². The summed E-state index contributed by atoms with van der Waals surface area (Å²) in [4.78, 5) is 0. The summed E-state index contributed by atoms with van der Waals surface area (Å²) in [6.07, 6.45) is 6.21. The summed E-state index contributed by atoms with van der Waals surface area (Å²) in [5, 5.41) is 0. The Morgan fingerprint density at radius 3 is 2.46 bits per heavy atom. The van der Waals surface area contributed by atoms with Gasteiger partial charge in [0.1, 0.15) is 0 Å². The minimum atomic E-state index is 0.217. The average Bonchev–Trinajstić information content (AvgIpc) is 2.62. The van der Waals surface area contributed by atoms with Crippen molar-refractivity contribution in [2.45, 2.75) is 37.7 Å². The van der Waals surface area contributed by atoms with Crippen molar-refractivity contribution >= 4 is 22.6 Å². The van der Waals surface area contributed by atoms with Gasteiger partial charge in [-0.05, 0) is 19.3 Å². The third kappa shape index (κ3) is 3.72. The average molecular weight is 298 g/mol. The van der Waals surface area contributed by atoms with Crippen LogP contribution >= 0.6 is 22.6 Å². The molecule has 0 unspecified atom stereocenters. The molecule has 0 spiro atoms. The van der Waals surface area contributed by atoms with E-state index in [-0.39, 0.29) is 5.60 Å². The number of hydrogen-bond acceptors (Lipinski definition) is 2. The lowest BCUT2D eigenvalue weighted by atomic mass is 10.1. The fraction of sp³-hybridized carbons (Fsp3) is 1.00. The van der Waals surface area contributed by atoms with Crippen LogP contribution in [0.3, 0.4) is 0 Å². The molecule has 13 heavy (non-hydrogen) atoms. The monoisotopic (exact) mass is 298 g/mol. The van der Waals surface area contributed by atoms with E-state index in [1.54, 1.807) is 7.11 Å². The van der Waals surface area contributed by atoms with Crippen LogP contribution in [0, 0.1) is 0 Å². The summed E-state index contributed by atoms with van der Waals surface area (Å²) >= 11 is 2.45. The van der Waals surface area contributed by atoms with E-state index in [1.807, 2.05) is 0 Å². The standard InChI is InChI=1S/C10H19IO2/c1-12-7-4-8-13-10(9-11)5-2-3-6-10/h2-9H2,1H3. The van der Waals surface area contributed by atoms with Crippen molar-refractivity contribution in [2.24, 2.45) is 0 Å². The molecule has 1 rings (SSSR count). The quantitative estimate of drug-likeness (QED) is 0.426. The second-order valence-electron chi connectivity index (χ2n) is 3.72. The number of halogens is 1. The van der Waals surface area contributed by atoms with Crippen LogP contribution < -0.4 is 0 Å². The summed E-state index contributed by atoms with van der Waals surface area (Å²) in [5.41, 5.74) is 0.217. The van der Waals surface area contributed by atoms with E-state index in [4.69, 9.17) is 9.47 Å². The molecule has 2 nitrogen and oxygen atoms in total. The molecule has 0 bridgehead atoms. The molecule has 0 heterocycles. The van der Waals surface area contributed by atoms with Gasteiger partial charge in [-0.15, -0.1) is 0 Å². The molecule has 0 amide bonds. The Morgan fingerprint density at radius 2 is 1.92 bits per heavy atom. The van der Waals surface area contributed by atoms with Crippen LogP contribution in [0.25, 0.3) is 0 Å². The normalized spacial score (nSPS) is 20.8. The number of hydrogen-bond donors (Lipinski definition) is 0. The van der Waals surface area contributed by atoms with Gasteiger partial charge in [0.05, 0.1) is 5.60 Å². The highest BCUT2D eigenvalue weighted by Gasteiger charge is 2.33. The highest BCUT2D eigenvalue weighted by Crippen LogP contribution is 2.34. The van der Waals surface area contributed by atoms with Crippen LogP contribution in [-0.4, -0.2) is 30.4 Å². The lowest BCUT2D eigenvalue weighted by Gasteiger charge is -2.27. The van der Waals surface area contributed by atoms with Crippen molar-refractivity contribution in [1.82, 2.24) is 0 Å². The van der Waals surface area contributed by atoms with E-state index in [2.05, 4.69) is 22.6 Å². The third-order valence-corrected chi connectivity index (χ3v) is 4.05. The van der Waals surface area contributed by atoms with Crippen LogP contribution in [0.2, 0.25) is 0 Å². The first-order valence-corrected chi connectivity index (χ1v) is 6.54. The number of ether oxygens (including phenoxy) is 2. The van der Waals surface area contributed by atoms with Crippen molar-refractivity contribution < 1.29 is 9.47 Å². The smallest absolute Gasteiger partial charge is 0.0771 e. The lowest BCUT2D eigenvalue weighted by molar-refractivity contribution is -0.0270. The lowest BCUT2D eigenvalue weighted by Crippen LogP contribution is -2.31. The van der Waals surface area contributed by atoms with Gasteiger partial charge < -0.3 is 9.47 Å². The van der Waals surface area contributed by atoms with Crippen LogP contribution in [0.15, 0.2) is 0 Å². The van der Waals surface area contributed by atoms with Gasteiger partial charge in [-0.2, -0.15) is 0 Å². The van der Waals surface area contributed by atoms with Crippen LogP contribution in [-0.2, 0) is 9.47 Å². The molecule has 0 saturated heterocycles. The van der Waals surface area contributed by atoms with Crippen molar-refractivity contribution in [2.75, 3.05) is 24.8 Å². The maximum absolute atomic E-state index is 5.95. The predicted molar refractivity (Wildman–Crippen MR) is 62.5 cm³/mol. The van der Waals surface area contributed by atoms with Gasteiger partial charge in [0.15, 0.2) is 0 Å². The number of rotatable bonds is 6. The number of alkyl halides is 1.